The van der Waals surface area contributed by atoms with Gasteiger partial charge >= 0.3 is 0 Å². The van der Waals surface area contributed by atoms with Crippen molar-refractivity contribution in [3.05, 3.63) is 33.9 Å². The summed E-state index contributed by atoms with van der Waals surface area (Å²) in [5.74, 6) is -0.114. The predicted molar refractivity (Wildman–Crippen MR) is 94.9 cm³/mol. The minimum absolute atomic E-state index is 0. The molecule has 1 aliphatic rings. The van der Waals surface area contributed by atoms with Crippen LogP contribution in [0.25, 0.3) is 0 Å². The van der Waals surface area contributed by atoms with Crippen molar-refractivity contribution in [1.82, 2.24) is 10.2 Å². The molecule has 0 unspecified atom stereocenters. The van der Waals surface area contributed by atoms with Gasteiger partial charge in [-0.15, -0.1) is 24.8 Å². The number of nitro benzene ring substituents is 1. The number of nitro groups is 1. The van der Waals surface area contributed by atoms with Gasteiger partial charge in [0, 0.05) is 51.3 Å². The van der Waals surface area contributed by atoms with E-state index in [0.717, 1.165) is 31.7 Å². The van der Waals surface area contributed by atoms with Crippen molar-refractivity contribution in [2.75, 3.05) is 38.0 Å². The number of hydrogen-bond donors (Lipinski definition) is 2. The van der Waals surface area contributed by atoms with E-state index in [1.54, 1.807) is 6.07 Å². The first-order valence-corrected chi connectivity index (χ1v) is 7.04. The Morgan fingerprint density at radius 1 is 1.35 bits per heavy atom. The van der Waals surface area contributed by atoms with Crippen molar-refractivity contribution in [1.29, 1.82) is 0 Å². The van der Waals surface area contributed by atoms with E-state index in [4.69, 9.17) is 0 Å². The van der Waals surface area contributed by atoms with E-state index in [0.29, 0.717) is 18.7 Å². The number of amides is 1. The molecule has 1 heterocycles. The highest BCUT2D eigenvalue weighted by Crippen LogP contribution is 2.21. The molecule has 1 aromatic carbocycles. The lowest BCUT2D eigenvalue weighted by molar-refractivity contribution is -0.384. The van der Waals surface area contributed by atoms with Crippen LogP contribution >= 0.6 is 24.8 Å². The lowest BCUT2D eigenvalue weighted by Gasteiger charge is -2.26. The van der Waals surface area contributed by atoms with E-state index in [2.05, 4.69) is 15.5 Å². The molecule has 2 rings (SSSR count). The molecule has 0 aliphatic carbocycles. The second-order valence-electron chi connectivity index (χ2n) is 5.15. The van der Waals surface area contributed by atoms with Crippen molar-refractivity contribution in [3.8, 4) is 0 Å². The summed E-state index contributed by atoms with van der Waals surface area (Å²) in [5, 5.41) is 16.8. The molecule has 0 spiro atoms. The normalized spacial score (nSPS) is 14.3. The highest BCUT2D eigenvalue weighted by atomic mass is 35.5. The molecule has 9 heteroatoms. The molecule has 0 saturated carbocycles. The van der Waals surface area contributed by atoms with Gasteiger partial charge in [-0.3, -0.25) is 14.9 Å². The van der Waals surface area contributed by atoms with Crippen molar-refractivity contribution in [2.45, 2.75) is 13.3 Å². The van der Waals surface area contributed by atoms with Crippen LogP contribution in [0.3, 0.4) is 0 Å². The Kier molecular flexibility index (Phi) is 9.74. The summed E-state index contributed by atoms with van der Waals surface area (Å²) in [6.45, 7) is 6.32. The molecule has 0 atom stereocenters. The number of benzene rings is 1. The zero-order valence-corrected chi connectivity index (χ0v) is 14.5. The van der Waals surface area contributed by atoms with Gasteiger partial charge in [-0.2, -0.15) is 0 Å². The average molecular weight is 365 g/mol. The van der Waals surface area contributed by atoms with Gasteiger partial charge in [0.25, 0.3) is 5.69 Å². The first-order chi connectivity index (χ1) is 10.1. The van der Waals surface area contributed by atoms with Gasteiger partial charge in [0.1, 0.15) is 0 Å². The maximum atomic E-state index is 12.0. The monoisotopic (exact) mass is 364 g/mol. The van der Waals surface area contributed by atoms with E-state index in [9.17, 15) is 14.9 Å². The summed E-state index contributed by atoms with van der Waals surface area (Å²) in [5.41, 5.74) is 1.31. The molecule has 1 fully saturated rings. The average Bonchev–Trinajstić information content (AvgIpc) is 2.48. The molecular formula is C14H22Cl2N4O3. The third-order valence-electron chi connectivity index (χ3n) is 3.57. The van der Waals surface area contributed by atoms with Crippen LogP contribution in [0.1, 0.15) is 12.0 Å². The van der Waals surface area contributed by atoms with Gasteiger partial charge in [0.2, 0.25) is 5.91 Å². The maximum absolute atomic E-state index is 12.0. The molecule has 2 N–H and O–H groups in total. The van der Waals surface area contributed by atoms with Crippen molar-refractivity contribution in [2.24, 2.45) is 0 Å². The van der Waals surface area contributed by atoms with Crippen LogP contribution in [0.5, 0.6) is 0 Å². The molecule has 1 saturated heterocycles. The van der Waals surface area contributed by atoms with E-state index in [1.165, 1.54) is 12.1 Å². The van der Waals surface area contributed by atoms with Crippen LogP contribution in [-0.2, 0) is 4.79 Å². The molecule has 0 radical (unpaired) electrons. The van der Waals surface area contributed by atoms with Crippen LogP contribution < -0.4 is 10.6 Å². The molecule has 1 amide bonds. The molecule has 7 nitrogen and oxygen atoms in total. The van der Waals surface area contributed by atoms with Gasteiger partial charge in [0.15, 0.2) is 0 Å². The fraction of sp³-hybridized carbons (Fsp3) is 0.500. The van der Waals surface area contributed by atoms with Gasteiger partial charge in [-0.05, 0) is 12.5 Å². The number of aryl methyl sites for hydroxylation is 1. The predicted octanol–water partition coefficient (Wildman–Crippen LogP) is 1.98. The number of anilines is 1. The van der Waals surface area contributed by atoms with Crippen molar-refractivity contribution < 1.29 is 9.72 Å². The summed E-state index contributed by atoms with van der Waals surface area (Å²) in [4.78, 5) is 24.5. The summed E-state index contributed by atoms with van der Waals surface area (Å²) in [7, 11) is 0. The quantitative estimate of drug-likeness (QED) is 0.616. The Hall–Kier alpha value is -1.41. The maximum Gasteiger partial charge on any atom is 0.271 e. The first-order valence-electron chi connectivity index (χ1n) is 7.04. The molecular weight excluding hydrogens is 343 g/mol. The third kappa shape index (κ3) is 6.70. The highest BCUT2D eigenvalue weighted by Gasteiger charge is 2.13. The Labute approximate surface area is 147 Å². The topological polar surface area (TPSA) is 87.5 Å². The van der Waals surface area contributed by atoms with Gasteiger partial charge in [-0.25, -0.2) is 0 Å². The number of hydrogen-bond acceptors (Lipinski definition) is 5. The minimum Gasteiger partial charge on any atom is -0.326 e. The zero-order chi connectivity index (χ0) is 15.2. The standard InChI is InChI=1S/C14H20N4O3.2ClH/c1-11-2-3-12(18(20)21)10-13(11)16-14(19)4-7-17-8-5-15-6-9-17;;/h2-3,10,15H,4-9H2,1H3,(H,16,19);2*1H. The number of non-ortho nitro benzene ring substituents is 1. The smallest absolute Gasteiger partial charge is 0.271 e. The minimum atomic E-state index is -0.462. The van der Waals surface area contributed by atoms with Crippen LogP contribution in [0.15, 0.2) is 18.2 Å². The van der Waals surface area contributed by atoms with Crippen LogP contribution in [0, 0.1) is 17.0 Å². The molecule has 23 heavy (non-hydrogen) atoms. The fourth-order valence-corrected chi connectivity index (χ4v) is 2.27. The third-order valence-corrected chi connectivity index (χ3v) is 3.57. The Morgan fingerprint density at radius 2 is 2.00 bits per heavy atom. The van der Waals surface area contributed by atoms with Gasteiger partial charge < -0.3 is 15.5 Å². The molecule has 130 valence electrons. The van der Waals surface area contributed by atoms with E-state index < -0.39 is 4.92 Å². The van der Waals surface area contributed by atoms with Crippen molar-refractivity contribution >= 4 is 42.1 Å². The number of nitrogens with zero attached hydrogens (tertiary/aromatic N) is 2. The van der Waals surface area contributed by atoms with Crippen LogP contribution in [0.4, 0.5) is 11.4 Å². The summed E-state index contributed by atoms with van der Waals surface area (Å²) in [6, 6.07) is 4.48. The van der Waals surface area contributed by atoms with Crippen LogP contribution in [0.2, 0.25) is 0 Å². The zero-order valence-electron chi connectivity index (χ0n) is 12.9. The summed E-state index contributed by atoms with van der Waals surface area (Å²) < 4.78 is 0. The van der Waals surface area contributed by atoms with E-state index >= 15 is 0 Å². The molecule has 1 aromatic rings. The first kappa shape index (κ1) is 21.6. The van der Waals surface area contributed by atoms with Crippen molar-refractivity contribution in [3.63, 3.8) is 0 Å². The second-order valence-corrected chi connectivity index (χ2v) is 5.15. The number of carbonyl (C=O) groups is 1. The van der Waals surface area contributed by atoms with Crippen LogP contribution in [-0.4, -0.2) is 48.5 Å². The van der Waals surface area contributed by atoms with E-state index in [1.807, 2.05) is 6.92 Å². The SMILES string of the molecule is Cc1ccc([N+](=O)[O-])cc1NC(=O)CCN1CCNCC1.Cl.Cl. The lowest BCUT2D eigenvalue weighted by atomic mass is 10.1. The Balaban J connectivity index is 0.00000242. The largest absolute Gasteiger partial charge is 0.326 e. The summed E-state index contributed by atoms with van der Waals surface area (Å²) >= 11 is 0. The number of piperazine rings is 1. The molecule has 0 aromatic heterocycles. The van der Waals surface area contributed by atoms with E-state index in [-0.39, 0.29) is 36.4 Å². The number of carbonyl (C=O) groups excluding carboxylic acids is 1. The Bertz CT molecular complexity index is 537. The molecule has 0 bridgehead atoms. The second kappa shape index (κ2) is 10.4. The number of rotatable bonds is 5. The molecule has 1 aliphatic heterocycles. The fourth-order valence-electron chi connectivity index (χ4n) is 2.27. The van der Waals surface area contributed by atoms with Gasteiger partial charge in [-0.1, -0.05) is 6.07 Å². The van der Waals surface area contributed by atoms with Gasteiger partial charge in [0.05, 0.1) is 10.6 Å². The lowest BCUT2D eigenvalue weighted by Crippen LogP contribution is -2.44. The number of nitrogens with one attached hydrogen (secondary N) is 2. The Morgan fingerprint density at radius 3 is 2.61 bits per heavy atom. The highest BCUT2D eigenvalue weighted by molar-refractivity contribution is 5.92. The summed E-state index contributed by atoms with van der Waals surface area (Å²) in [6.07, 6.45) is 0.391. The number of halogens is 2.